The van der Waals surface area contributed by atoms with E-state index in [1.54, 1.807) is 0 Å². The van der Waals surface area contributed by atoms with Gasteiger partial charge >= 0.3 is 0 Å². The molecule has 0 radical (unpaired) electrons. The average Bonchev–Trinajstić information content (AvgIpc) is 2.41. The van der Waals surface area contributed by atoms with Crippen LogP contribution in [0, 0.1) is 5.41 Å². The summed E-state index contributed by atoms with van der Waals surface area (Å²) in [5, 5.41) is 3.24. The van der Waals surface area contributed by atoms with Crippen LogP contribution in [-0.2, 0) is 4.79 Å². The summed E-state index contributed by atoms with van der Waals surface area (Å²) in [5.41, 5.74) is -0.453. The van der Waals surface area contributed by atoms with E-state index in [4.69, 9.17) is 11.6 Å². The van der Waals surface area contributed by atoms with Crippen LogP contribution in [0.25, 0.3) is 0 Å². The predicted octanol–water partition coefficient (Wildman–Crippen LogP) is 5.04. The zero-order valence-electron chi connectivity index (χ0n) is 13.3. The van der Waals surface area contributed by atoms with Gasteiger partial charge in [-0.15, -0.1) is 11.6 Å². The lowest BCUT2D eigenvalue weighted by Crippen LogP contribution is -2.43. The van der Waals surface area contributed by atoms with E-state index < -0.39 is 5.41 Å². The first-order valence-electron chi connectivity index (χ1n) is 8.43. The van der Waals surface area contributed by atoms with E-state index in [-0.39, 0.29) is 5.91 Å². The third kappa shape index (κ3) is 6.97. The van der Waals surface area contributed by atoms with Crippen molar-refractivity contribution in [2.45, 2.75) is 90.5 Å². The van der Waals surface area contributed by atoms with Crippen LogP contribution in [0.3, 0.4) is 0 Å². The van der Waals surface area contributed by atoms with Crippen LogP contribution in [-0.4, -0.2) is 17.8 Å². The molecule has 0 aliphatic heterocycles. The molecule has 0 spiro atoms. The first kappa shape index (κ1) is 17.8. The monoisotopic (exact) mass is 301 g/mol. The van der Waals surface area contributed by atoms with Crippen molar-refractivity contribution in [1.82, 2.24) is 5.32 Å². The van der Waals surface area contributed by atoms with Gasteiger partial charge in [-0.3, -0.25) is 4.79 Å². The Balaban J connectivity index is 2.44. The summed E-state index contributed by atoms with van der Waals surface area (Å²) in [6, 6.07) is 0.351. The molecular weight excluding hydrogens is 270 g/mol. The van der Waals surface area contributed by atoms with Gasteiger partial charge in [-0.2, -0.15) is 0 Å². The van der Waals surface area contributed by atoms with Crippen LogP contribution in [0.5, 0.6) is 0 Å². The Morgan fingerprint density at radius 2 is 1.35 bits per heavy atom. The van der Waals surface area contributed by atoms with E-state index in [0.717, 1.165) is 12.8 Å². The Hall–Kier alpha value is -0.240. The van der Waals surface area contributed by atoms with Crippen molar-refractivity contribution in [3.63, 3.8) is 0 Å². The fourth-order valence-electron chi connectivity index (χ4n) is 2.75. The third-order valence-corrected chi connectivity index (χ3v) is 5.06. The van der Waals surface area contributed by atoms with Crippen molar-refractivity contribution in [3.05, 3.63) is 0 Å². The molecule has 118 valence electrons. The molecule has 20 heavy (non-hydrogen) atoms. The standard InChI is InChI=1S/C17H32ClNO/c1-17(2,14-18)16(20)19-15-12-10-8-6-4-3-5-7-9-11-13-15/h15H,3-14H2,1-2H3,(H,19,20). The Labute approximate surface area is 130 Å². The molecule has 0 aromatic rings. The van der Waals surface area contributed by atoms with Gasteiger partial charge in [0.05, 0.1) is 5.41 Å². The maximum absolute atomic E-state index is 12.2. The van der Waals surface area contributed by atoms with Gasteiger partial charge < -0.3 is 5.32 Å². The minimum Gasteiger partial charge on any atom is -0.353 e. The average molecular weight is 302 g/mol. The minimum atomic E-state index is -0.453. The van der Waals surface area contributed by atoms with Gasteiger partial charge in [0, 0.05) is 11.9 Å². The van der Waals surface area contributed by atoms with Gasteiger partial charge in [0.1, 0.15) is 0 Å². The van der Waals surface area contributed by atoms with E-state index in [0.29, 0.717) is 11.9 Å². The van der Waals surface area contributed by atoms with Crippen LogP contribution in [0.1, 0.15) is 84.5 Å². The molecule has 0 saturated heterocycles. The second kappa shape index (κ2) is 9.65. The SMILES string of the molecule is CC(C)(CCl)C(=O)NC1CCCCCCCCCCC1. The van der Waals surface area contributed by atoms with Gasteiger partial charge in [0.15, 0.2) is 0 Å². The summed E-state index contributed by atoms with van der Waals surface area (Å²) < 4.78 is 0. The van der Waals surface area contributed by atoms with E-state index in [1.807, 2.05) is 13.8 Å². The molecule has 1 N–H and O–H groups in total. The smallest absolute Gasteiger partial charge is 0.227 e. The molecule has 1 rings (SSSR count). The molecule has 1 fully saturated rings. The van der Waals surface area contributed by atoms with Gasteiger partial charge in [0.25, 0.3) is 0 Å². The molecule has 0 aromatic heterocycles. The van der Waals surface area contributed by atoms with Gasteiger partial charge in [-0.1, -0.05) is 57.8 Å². The van der Waals surface area contributed by atoms with Crippen LogP contribution in [0.15, 0.2) is 0 Å². The first-order chi connectivity index (χ1) is 9.56. The van der Waals surface area contributed by atoms with Crippen molar-refractivity contribution in [3.8, 4) is 0 Å². The van der Waals surface area contributed by atoms with Gasteiger partial charge in [-0.25, -0.2) is 0 Å². The molecule has 1 saturated carbocycles. The number of hydrogen-bond donors (Lipinski definition) is 1. The summed E-state index contributed by atoms with van der Waals surface area (Å²) in [7, 11) is 0. The number of alkyl halides is 1. The lowest BCUT2D eigenvalue weighted by molar-refractivity contribution is -0.129. The highest BCUT2D eigenvalue weighted by Crippen LogP contribution is 2.20. The maximum Gasteiger partial charge on any atom is 0.227 e. The number of amides is 1. The second-order valence-electron chi connectivity index (χ2n) is 6.95. The molecule has 3 heteroatoms. The molecule has 2 nitrogen and oxygen atoms in total. The number of hydrogen-bond acceptors (Lipinski definition) is 1. The predicted molar refractivity (Wildman–Crippen MR) is 87.2 cm³/mol. The molecule has 1 aliphatic rings. The van der Waals surface area contributed by atoms with E-state index >= 15 is 0 Å². The highest BCUT2D eigenvalue weighted by atomic mass is 35.5. The maximum atomic E-state index is 12.2. The van der Waals surface area contributed by atoms with Gasteiger partial charge in [-0.05, 0) is 26.7 Å². The van der Waals surface area contributed by atoms with E-state index in [2.05, 4.69) is 5.32 Å². The van der Waals surface area contributed by atoms with Crippen molar-refractivity contribution in [1.29, 1.82) is 0 Å². The normalized spacial score (nSPS) is 20.8. The zero-order valence-corrected chi connectivity index (χ0v) is 14.1. The minimum absolute atomic E-state index is 0.115. The third-order valence-electron chi connectivity index (χ3n) is 4.39. The Kier molecular flexibility index (Phi) is 8.60. The number of carbonyl (C=O) groups excluding carboxylic acids is 1. The van der Waals surface area contributed by atoms with Crippen molar-refractivity contribution in [2.24, 2.45) is 5.41 Å². The molecule has 0 aromatic carbocycles. The topological polar surface area (TPSA) is 29.1 Å². The van der Waals surface area contributed by atoms with Crippen molar-refractivity contribution < 1.29 is 4.79 Å². The molecule has 0 bridgehead atoms. The fourth-order valence-corrected chi connectivity index (χ4v) is 2.87. The largest absolute Gasteiger partial charge is 0.353 e. The lowest BCUT2D eigenvalue weighted by Gasteiger charge is -2.26. The summed E-state index contributed by atoms with van der Waals surface area (Å²) in [5.74, 6) is 0.496. The van der Waals surface area contributed by atoms with Crippen LogP contribution >= 0.6 is 11.6 Å². The zero-order chi connectivity index (χ0) is 14.8. The molecule has 1 amide bonds. The fraction of sp³-hybridized carbons (Fsp3) is 0.941. The highest BCUT2D eigenvalue weighted by Gasteiger charge is 2.28. The van der Waals surface area contributed by atoms with Crippen molar-refractivity contribution >= 4 is 17.5 Å². The van der Waals surface area contributed by atoms with Crippen LogP contribution < -0.4 is 5.32 Å². The Bertz CT molecular complexity index is 266. The van der Waals surface area contributed by atoms with Crippen molar-refractivity contribution in [2.75, 3.05) is 5.88 Å². The Morgan fingerprint density at radius 1 is 0.950 bits per heavy atom. The lowest BCUT2D eigenvalue weighted by atomic mass is 9.93. The summed E-state index contributed by atoms with van der Waals surface area (Å²) in [6.45, 7) is 3.84. The van der Waals surface area contributed by atoms with Crippen LogP contribution in [0.4, 0.5) is 0 Å². The van der Waals surface area contributed by atoms with E-state index in [9.17, 15) is 4.79 Å². The first-order valence-corrected chi connectivity index (χ1v) is 8.96. The summed E-state index contributed by atoms with van der Waals surface area (Å²) >= 11 is 5.89. The van der Waals surface area contributed by atoms with E-state index in [1.165, 1.54) is 57.8 Å². The summed E-state index contributed by atoms with van der Waals surface area (Å²) in [6.07, 6.45) is 14.3. The highest BCUT2D eigenvalue weighted by molar-refractivity contribution is 6.19. The van der Waals surface area contributed by atoms with Gasteiger partial charge in [0.2, 0.25) is 5.91 Å². The quantitative estimate of drug-likeness (QED) is 0.727. The molecular formula is C17H32ClNO. The number of carbonyl (C=O) groups is 1. The van der Waals surface area contributed by atoms with Crippen LogP contribution in [0.2, 0.25) is 0 Å². The summed E-state index contributed by atoms with van der Waals surface area (Å²) in [4.78, 5) is 12.2. The number of rotatable bonds is 3. The molecule has 0 atom stereocenters. The molecule has 1 aliphatic carbocycles. The number of nitrogens with one attached hydrogen (secondary N) is 1. The number of halogens is 1. The Morgan fingerprint density at radius 3 is 1.75 bits per heavy atom. The second-order valence-corrected chi connectivity index (χ2v) is 7.21. The molecule has 0 unspecified atom stereocenters. The molecule has 0 heterocycles.